The molecule has 1 unspecified atom stereocenters. The van der Waals surface area contributed by atoms with Gasteiger partial charge in [0.25, 0.3) is 0 Å². The van der Waals surface area contributed by atoms with E-state index in [1.807, 2.05) is 24.3 Å². The van der Waals surface area contributed by atoms with E-state index in [9.17, 15) is 4.79 Å². The van der Waals surface area contributed by atoms with Crippen molar-refractivity contribution >= 4 is 11.5 Å². The fourth-order valence-corrected chi connectivity index (χ4v) is 5.58. The van der Waals surface area contributed by atoms with Crippen LogP contribution in [0.2, 0.25) is 0 Å². The lowest BCUT2D eigenvalue weighted by molar-refractivity contribution is -0.136. The van der Waals surface area contributed by atoms with Gasteiger partial charge < -0.3 is 14.6 Å². The van der Waals surface area contributed by atoms with Crippen LogP contribution in [0.3, 0.4) is 0 Å². The zero-order valence-electron chi connectivity index (χ0n) is 21.6. The summed E-state index contributed by atoms with van der Waals surface area (Å²) in [5.41, 5.74) is 6.81. The summed E-state index contributed by atoms with van der Waals surface area (Å²) in [5, 5.41) is 9.04. The van der Waals surface area contributed by atoms with E-state index in [2.05, 4.69) is 32.1 Å². The highest BCUT2D eigenvalue weighted by molar-refractivity contribution is 5.85. The van der Waals surface area contributed by atoms with Crippen molar-refractivity contribution in [1.29, 1.82) is 0 Å². The third-order valence-electron chi connectivity index (χ3n) is 7.72. The van der Waals surface area contributed by atoms with Crippen molar-refractivity contribution < 1.29 is 23.8 Å². The molecule has 1 N–H and O–H groups in total. The number of fused-ring (bicyclic) bond motifs is 1. The molecule has 0 fully saturated rings. The topological polar surface area (TPSA) is 55.8 Å². The van der Waals surface area contributed by atoms with E-state index < -0.39 is 5.97 Å². The van der Waals surface area contributed by atoms with E-state index in [-0.39, 0.29) is 23.8 Å². The van der Waals surface area contributed by atoms with Gasteiger partial charge in [-0.1, -0.05) is 44.2 Å². The number of hydrogen-bond acceptors (Lipinski definition) is 3. The molecule has 0 bridgehead atoms. The van der Waals surface area contributed by atoms with Crippen LogP contribution in [0.15, 0.2) is 60.7 Å². The van der Waals surface area contributed by atoms with Gasteiger partial charge in [0, 0.05) is 12.0 Å². The Balaban J connectivity index is 1.53. The molecule has 3 aromatic rings. The molecular weight excluding hydrogens is 467 g/mol. The molecule has 0 spiro atoms. The Morgan fingerprint density at radius 1 is 1.08 bits per heavy atom. The second-order valence-corrected chi connectivity index (χ2v) is 10.7. The van der Waals surface area contributed by atoms with Crippen LogP contribution in [0.4, 0.5) is 4.39 Å². The van der Waals surface area contributed by atoms with Crippen molar-refractivity contribution in [3.05, 3.63) is 88.7 Å². The Hall–Kier alpha value is -3.60. The number of rotatable bonds is 7. The molecule has 5 rings (SSSR count). The average molecular weight is 501 g/mol. The van der Waals surface area contributed by atoms with Gasteiger partial charge in [0.15, 0.2) is 0 Å². The molecular formula is C32H33FO4. The van der Waals surface area contributed by atoms with Gasteiger partial charge >= 0.3 is 5.97 Å². The first-order valence-electron chi connectivity index (χ1n) is 12.9. The van der Waals surface area contributed by atoms with Gasteiger partial charge in [-0.05, 0) is 101 Å². The van der Waals surface area contributed by atoms with Gasteiger partial charge in [-0.25, -0.2) is 4.39 Å². The van der Waals surface area contributed by atoms with Crippen molar-refractivity contribution in [2.24, 2.45) is 5.41 Å². The molecule has 5 heteroatoms. The minimum absolute atomic E-state index is 0.0121. The number of methoxy groups -OCH3 is 1. The predicted octanol–water partition coefficient (Wildman–Crippen LogP) is 7.79. The zero-order chi connectivity index (χ0) is 26.2. The molecule has 1 atom stereocenters. The van der Waals surface area contributed by atoms with Gasteiger partial charge in [0.2, 0.25) is 0 Å². The van der Waals surface area contributed by atoms with E-state index >= 15 is 4.39 Å². The summed E-state index contributed by atoms with van der Waals surface area (Å²) in [6.07, 6.45) is 6.51. The number of allylic oxidation sites excluding steroid dienone is 2. The molecule has 0 aromatic heterocycles. The summed E-state index contributed by atoms with van der Waals surface area (Å²) in [7, 11) is 1.59. The van der Waals surface area contributed by atoms with Crippen molar-refractivity contribution in [2.45, 2.75) is 58.5 Å². The van der Waals surface area contributed by atoms with Crippen molar-refractivity contribution in [3.63, 3.8) is 0 Å². The number of benzene rings is 3. The minimum atomic E-state index is -0.805. The first-order chi connectivity index (χ1) is 17.7. The van der Waals surface area contributed by atoms with Crippen LogP contribution in [0.1, 0.15) is 67.9 Å². The Bertz CT molecular complexity index is 1370. The monoisotopic (exact) mass is 500 g/mol. The lowest BCUT2D eigenvalue weighted by atomic mass is 9.78. The number of hydrogen-bond donors (Lipinski definition) is 1. The molecule has 192 valence electrons. The van der Waals surface area contributed by atoms with Crippen molar-refractivity contribution in [2.75, 3.05) is 7.11 Å². The minimum Gasteiger partial charge on any atom is -0.497 e. The lowest BCUT2D eigenvalue weighted by Gasteiger charge is -2.29. The Morgan fingerprint density at radius 2 is 1.92 bits per heavy atom. The molecule has 3 aromatic carbocycles. The summed E-state index contributed by atoms with van der Waals surface area (Å²) < 4.78 is 27.0. The number of aliphatic carboxylic acids is 1. The molecule has 0 amide bonds. The number of carboxylic acids is 1. The highest BCUT2D eigenvalue weighted by atomic mass is 19.1. The van der Waals surface area contributed by atoms with E-state index in [4.69, 9.17) is 14.6 Å². The summed E-state index contributed by atoms with van der Waals surface area (Å²) in [5.74, 6) is 0.365. The van der Waals surface area contributed by atoms with Crippen LogP contribution in [0.5, 0.6) is 11.5 Å². The first kappa shape index (κ1) is 25.1. The number of ether oxygens (including phenoxy) is 2. The van der Waals surface area contributed by atoms with Gasteiger partial charge in [0.05, 0.1) is 7.11 Å². The molecule has 1 aliphatic heterocycles. The predicted molar refractivity (Wildman–Crippen MR) is 143 cm³/mol. The number of carbonyl (C=O) groups is 1. The van der Waals surface area contributed by atoms with Gasteiger partial charge in [-0.2, -0.15) is 0 Å². The molecule has 2 aliphatic rings. The third kappa shape index (κ3) is 5.13. The van der Waals surface area contributed by atoms with Crippen LogP contribution < -0.4 is 9.47 Å². The Labute approximate surface area is 217 Å². The maximum atomic E-state index is 15.1. The highest BCUT2D eigenvalue weighted by Gasteiger charge is 2.31. The second-order valence-electron chi connectivity index (χ2n) is 10.7. The zero-order valence-corrected chi connectivity index (χ0v) is 21.6. The maximum Gasteiger partial charge on any atom is 0.303 e. The van der Waals surface area contributed by atoms with Crippen molar-refractivity contribution in [1.82, 2.24) is 0 Å². The summed E-state index contributed by atoms with van der Waals surface area (Å²) >= 11 is 0. The number of aryl methyl sites for hydroxylation is 2. The van der Waals surface area contributed by atoms with Gasteiger partial charge in [-0.3, -0.25) is 4.79 Å². The number of halogens is 1. The largest absolute Gasteiger partial charge is 0.497 e. The normalized spacial score (nSPS) is 18.1. The van der Waals surface area contributed by atoms with Gasteiger partial charge in [-0.15, -0.1) is 0 Å². The fourth-order valence-electron chi connectivity index (χ4n) is 5.58. The van der Waals surface area contributed by atoms with Crippen LogP contribution in [0.25, 0.3) is 16.7 Å². The molecule has 0 radical (unpaired) electrons. The average Bonchev–Trinajstić information content (AvgIpc) is 3.25. The Kier molecular flexibility index (Phi) is 6.80. The standard InChI is InChI=1S/C32H33FO4/c1-32(2)16-4-5-27(32)25-18-22(9-12-24(25)26-19-23(36-3)11-13-28(26)33)29-14-10-21-8-6-20(7-15-31(34)35)17-30(21)37-29/h5-6,8-9,11-13,17-19,29H,4,7,10,14-16H2,1-3H3,(H,34,35). The first-order valence-corrected chi connectivity index (χ1v) is 12.9. The van der Waals surface area contributed by atoms with E-state index in [1.54, 1.807) is 19.2 Å². The Morgan fingerprint density at radius 3 is 2.65 bits per heavy atom. The van der Waals surface area contributed by atoms with E-state index in [0.717, 1.165) is 59.3 Å². The van der Waals surface area contributed by atoms with Crippen LogP contribution in [-0.2, 0) is 17.6 Å². The van der Waals surface area contributed by atoms with Gasteiger partial charge in [0.1, 0.15) is 23.4 Å². The summed E-state index contributed by atoms with van der Waals surface area (Å²) in [6.45, 7) is 4.49. The SMILES string of the molecule is COc1ccc(F)c(-c2ccc(C3CCc4ccc(CCC(=O)O)cc4O3)cc2C2=CCCC2(C)C)c1. The third-order valence-corrected chi connectivity index (χ3v) is 7.72. The van der Waals surface area contributed by atoms with Crippen LogP contribution >= 0.6 is 0 Å². The van der Waals surface area contributed by atoms with Crippen LogP contribution in [-0.4, -0.2) is 18.2 Å². The quantitative estimate of drug-likeness (QED) is 0.360. The number of carboxylic acid groups (broad SMARTS) is 1. The molecule has 37 heavy (non-hydrogen) atoms. The highest BCUT2D eigenvalue weighted by Crippen LogP contribution is 2.48. The molecule has 0 saturated heterocycles. The summed E-state index contributed by atoms with van der Waals surface area (Å²) in [4.78, 5) is 11.0. The van der Waals surface area contributed by atoms with E-state index in [0.29, 0.717) is 17.7 Å². The lowest BCUT2D eigenvalue weighted by Crippen LogP contribution is -2.16. The molecule has 0 saturated carbocycles. The molecule has 1 heterocycles. The fraction of sp³-hybridized carbons (Fsp3) is 0.344. The van der Waals surface area contributed by atoms with E-state index in [1.165, 1.54) is 11.6 Å². The molecule has 4 nitrogen and oxygen atoms in total. The summed E-state index contributed by atoms with van der Waals surface area (Å²) in [6, 6.07) is 17.1. The maximum absolute atomic E-state index is 15.1. The van der Waals surface area contributed by atoms with Crippen LogP contribution in [0, 0.1) is 11.2 Å². The molecule has 1 aliphatic carbocycles. The smallest absolute Gasteiger partial charge is 0.303 e. The van der Waals surface area contributed by atoms with Crippen molar-refractivity contribution in [3.8, 4) is 22.6 Å². The second kappa shape index (κ2) is 10.0.